The number of fused-ring (bicyclic) bond motifs is 1. The summed E-state index contributed by atoms with van der Waals surface area (Å²) < 4.78 is 15.0. The van der Waals surface area contributed by atoms with Crippen LogP contribution in [0.5, 0.6) is 0 Å². The van der Waals surface area contributed by atoms with Crippen LogP contribution in [0.2, 0.25) is 5.02 Å². The van der Waals surface area contributed by atoms with Crippen molar-refractivity contribution >= 4 is 22.5 Å². The van der Waals surface area contributed by atoms with E-state index in [1.165, 1.54) is 22.9 Å². The van der Waals surface area contributed by atoms with E-state index in [4.69, 9.17) is 17.3 Å². The van der Waals surface area contributed by atoms with Crippen LogP contribution in [0, 0.1) is 5.82 Å². The average Bonchev–Trinajstić information content (AvgIpc) is 2.51. The zero-order valence-corrected chi connectivity index (χ0v) is 12.4. The summed E-state index contributed by atoms with van der Waals surface area (Å²) in [5, 5.41) is -0.223. The monoisotopic (exact) mass is 318 g/mol. The highest BCUT2D eigenvalue weighted by molar-refractivity contribution is 6.35. The van der Waals surface area contributed by atoms with Crippen LogP contribution in [0.1, 0.15) is 18.8 Å². The Morgan fingerprint density at radius 3 is 2.77 bits per heavy atom. The van der Waals surface area contributed by atoms with Crippen molar-refractivity contribution in [2.24, 2.45) is 5.73 Å². The molecule has 0 aliphatic carbocycles. The molecule has 112 valence electrons. The average molecular weight is 319 g/mol. The van der Waals surface area contributed by atoms with Crippen LogP contribution in [-0.2, 0) is 0 Å². The number of pyridine rings is 1. The zero-order chi connectivity index (χ0) is 15.9. The van der Waals surface area contributed by atoms with E-state index in [1.54, 1.807) is 25.3 Å². The van der Waals surface area contributed by atoms with Crippen LogP contribution in [0.4, 0.5) is 4.39 Å². The summed E-state index contributed by atoms with van der Waals surface area (Å²) in [5.74, 6) is -0.312. The van der Waals surface area contributed by atoms with Gasteiger partial charge in [-0.05, 0) is 31.2 Å². The van der Waals surface area contributed by atoms with Gasteiger partial charge in [0.25, 0.3) is 5.56 Å². The van der Waals surface area contributed by atoms with E-state index in [9.17, 15) is 9.18 Å². The fourth-order valence-corrected chi connectivity index (χ4v) is 2.51. The quantitative estimate of drug-likeness (QED) is 0.788. The molecule has 0 aliphatic rings. The van der Waals surface area contributed by atoms with Gasteiger partial charge in [0.15, 0.2) is 0 Å². The topological polar surface area (TPSA) is 73.8 Å². The smallest absolute Gasteiger partial charge is 0.267 e. The van der Waals surface area contributed by atoms with Crippen molar-refractivity contribution in [3.8, 4) is 5.69 Å². The van der Waals surface area contributed by atoms with Gasteiger partial charge in [0.2, 0.25) is 0 Å². The second-order valence-corrected chi connectivity index (χ2v) is 5.24. The Morgan fingerprint density at radius 2 is 2.14 bits per heavy atom. The van der Waals surface area contributed by atoms with Gasteiger partial charge >= 0.3 is 0 Å². The van der Waals surface area contributed by atoms with Gasteiger partial charge in [-0.3, -0.25) is 14.3 Å². The molecule has 3 rings (SSSR count). The lowest BCUT2D eigenvalue weighted by Gasteiger charge is -2.16. The molecule has 0 amide bonds. The number of aromatic nitrogens is 3. The number of hydrogen-bond acceptors (Lipinski definition) is 4. The molecule has 2 heterocycles. The third-order valence-electron chi connectivity index (χ3n) is 3.27. The first-order valence-electron chi connectivity index (χ1n) is 6.57. The van der Waals surface area contributed by atoms with Crippen molar-refractivity contribution < 1.29 is 4.39 Å². The van der Waals surface area contributed by atoms with E-state index in [-0.39, 0.29) is 10.4 Å². The molecule has 22 heavy (non-hydrogen) atoms. The molecular formula is C15H12ClFN4O. The predicted octanol–water partition coefficient (Wildman–Crippen LogP) is 2.59. The van der Waals surface area contributed by atoms with Gasteiger partial charge in [0.1, 0.15) is 11.6 Å². The van der Waals surface area contributed by atoms with Gasteiger partial charge in [-0.2, -0.15) is 0 Å². The molecule has 1 atom stereocenters. The first-order chi connectivity index (χ1) is 10.5. The van der Waals surface area contributed by atoms with Gasteiger partial charge in [-0.25, -0.2) is 9.37 Å². The Balaban J connectivity index is 2.49. The molecule has 1 aromatic carbocycles. The molecule has 3 aromatic rings. The summed E-state index contributed by atoms with van der Waals surface area (Å²) in [6.45, 7) is 1.71. The van der Waals surface area contributed by atoms with Gasteiger partial charge in [-0.1, -0.05) is 11.6 Å². The highest BCUT2D eigenvalue weighted by Crippen LogP contribution is 2.24. The lowest BCUT2D eigenvalue weighted by molar-refractivity contribution is 0.629. The molecule has 0 radical (unpaired) electrons. The molecule has 0 spiro atoms. The Kier molecular flexibility index (Phi) is 3.64. The first-order valence-corrected chi connectivity index (χ1v) is 6.95. The van der Waals surface area contributed by atoms with Crippen LogP contribution in [-0.4, -0.2) is 14.5 Å². The van der Waals surface area contributed by atoms with Gasteiger partial charge in [-0.15, -0.1) is 0 Å². The maximum atomic E-state index is 13.7. The summed E-state index contributed by atoms with van der Waals surface area (Å²) in [6, 6.07) is 5.47. The first kappa shape index (κ1) is 14.6. The van der Waals surface area contributed by atoms with Crippen molar-refractivity contribution in [3.63, 3.8) is 0 Å². The Morgan fingerprint density at radius 1 is 1.36 bits per heavy atom. The molecule has 0 bridgehead atoms. The summed E-state index contributed by atoms with van der Waals surface area (Å²) in [6.07, 6.45) is 3.09. The minimum absolute atomic E-state index is 0.0231. The molecule has 2 N–H and O–H groups in total. The molecule has 5 nitrogen and oxygen atoms in total. The van der Waals surface area contributed by atoms with E-state index < -0.39 is 17.4 Å². The fourth-order valence-electron chi connectivity index (χ4n) is 2.27. The second-order valence-electron chi connectivity index (χ2n) is 4.87. The van der Waals surface area contributed by atoms with Gasteiger partial charge < -0.3 is 5.73 Å². The van der Waals surface area contributed by atoms with Crippen molar-refractivity contribution in [1.29, 1.82) is 0 Å². The number of rotatable bonds is 2. The number of halogens is 2. The summed E-state index contributed by atoms with van der Waals surface area (Å²) in [5.41, 5.74) is 6.26. The Bertz CT molecular complexity index is 909. The third-order valence-corrected chi connectivity index (χ3v) is 3.63. The second kappa shape index (κ2) is 5.47. The van der Waals surface area contributed by atoms with Crippen molar-refractivity contribution in [3.05, 3.63) is 63.7 Å². The van der Waals surface area contributed by atoms with Crippen molar-refractivity contribution in [2.75, 3.05) is 0 Å². The van der Waals surface area contributed by atoms with Crippen LogP contribution in [0.3, 0.4) is 0 Å². The molecule has 0 aliphatic heterocycles. The van der Waals surface area contributed by atoms with Gasteiger partial charge in [0, 0.05) is 6.20 Å². The van der Waals surface area contributed by atoms with Gasteiger partial charge in [0.05, 0.1) is 33.9 Å². The molecule has 1 unspecified atom stereocenters. The van der Waals surface area contributed by atoms with E-state index in [0.29, 0.717) is 17.0 Å². The van der Waals surface area contributed by atoms with Crippen LogP contribution in [0.25, 0.3) is 16.6 Å². The Hall–Kier alpha value is -2.31. The van der Waals surface area contributed by atoms with Crippen molar-refractivity contribution in [2.45, 2.75) is 13.0 Å². The number of hydrogen-bond donors (Lipinski definition) is 1. The predicted molar refractivity (Wildman–Crippen MR) is 82.7 cm³/mol. The largest absolute Gasteiger partial charge is 0.322 e. The molecule has 0 saturated carbocycles. The molecule has 7 heteroatoms. The minimum atomic E-state index is -0.667. The Labute approximate surface area is 130 Å². The van der Waals surface area contributed by atoms with Crippen molar-refractivity contribution in [1.82, 2.24) is 14.5 Å². The fraction of sp³-hybridized carbons (Fsp3) is 0.133. The van der Waals surface area contributed by atoms with E-state index in [0.717, 1.165) is 0 Å². The SMILES string of the molecule is CC(N)c1nc2ccc(F)c(Cl)c2c(=O)n1-c1cccnc1. The highest BCUT2D eigenvalue weighted by atomic mass is 35.5. The highest BCUT2D eigenvalue weighted by Gasteiger charge is 2.18. The standard InChI is InChI=1S/C15H12ClFN4O/c1-8(18)14-20-11-5-4-10(17)13(16)12(11)15(22)21(14)9-3-2-6-19-7-9/h2-8H,18H2,1H3. The number of nitrogens with two attached hydrogens (primary N) is 1. The summed E-state index contributed by atoms with van der Waals surface area (Å²) in [7, 11) is 0. The van der Waals surface area contributed by atoms with Crippen LogP contribution < -0.4 is 11.3 Å². The van der Waals surface area contributed by atoms with Crippen LogP contribution >= 0.6 is 11.6 Å². The maximum Gasteiger partial charge on any atom is 0.267 e. The lowest BCUT2D eigenvalue weighted by atomic mass is 10.2. The normalized spacial score (nSPS) is 12.5. The van der Waals surface area contributed by atoms with E-state index >= 15 is 0 Å². The lowest BCUT2D eigenvalue weighted by Crippen LogP contribution is -2.27. The minimum Gasteiger partial charge on any atom is -0.322 e. The molecule has 2 aromatic heterocycles. The summed E-state index contributed by atoms with van der Waals surface area (Å²) >= 11 is 5.95. The molecule has 0 saturated heterocycles. The van der Waals surface area contributed by atoms with Crippen LogP contribution in [0.15, 0.2) is 41.5 Å². The zero-order valence-electron chi connectivity index (χ0n) is 11.6. The van der Waals surface area contributed by atoms with E-state index in [1.807, 2.05) is 0 Å². The molecular weight excluding hydrogens is 307 g/mol. The third kappa shape index (κ3) is 2.26. The molecule has 0 fully saturated rings. The van der Waals surface area contributed by atoms with E-state index in [2.05, 4.69) is 9.97 Å². The maximum absolute atomic E-state index is 13.7. The number of nitrogens with zero attached hydrogens (tertiary/aromatic N) is 3. The summed E-state index contributed by atoms with van der Waals surface area (Å²) in [4.78, 5) is 21.2. The number of benzene rings is 1.